The maximum atomic E-state index is 9.56. The third-order valence-electron chi connectivity index (χ3n) is 4.99. The maximum absolute atomic E-state index is 9.56. The number of hydrogen-bond donors (Lipinski definition) is 0. The fourth-order valence-electron chi connectivity index (χ4n) is 4.00. The van der Waals surface area contributed by atoms with Crippen LogP contribution in [0.4, 0.5) is 5.82 Å². The van der Waals surface area contributed by atoms with E-state index in [2.05, 4.69) is 29.8 Å². The van der Waals surface area contributed by atoms with Crippen LogP contribution in [-0.4, -0.2) is 35.3 Å². The molecule has 23 heavy (non-hydrogen) atoms. The molecule has 0 aliphatic carbocycles. The summed E-state index contributed by atoms with van der Waals surface area (Å²) in [5.74, 6) is 0.749. The highest BCUT2D eigenvalue weighted by Gasteiger charge is 2.52. The van der Waals surface area contributed by atoms with Gasteiger partial charge in [0.2, 0.25) is 0 Å². The average molecular weight is 308 g/mol. The van der Waals surface area contributed by atoms with Crippen molar-refractivity contribution >= 4 is 16.9 Å². The van der Waals surface area contributed by atoms with E-state index in [1.807, 2.05) is 18.2 Å². The number of pyridine rings is 2. The Morgan fingerprint density at radius 3 is 3.00 bits per heavy atom. The Labute approximate surface area is 135 Å². The smallest absolute Gasteiger partial charge is 0.161 e. The Morgan fingerprint density at radius 2 is 2.30 bits per heavy atom. The number of nitriles is 1. The van der Waals surface area contributed by atoms with Crippen molar-refractivity contribution in [1.29, 1.82) is 5.26 Å². The Bertz CT molecular complexity index is 789. The molecule has 2 saturated heterocycles. The van der Waals surface area contributed by atoms with E-state index in [0.29, 0.717) is 11.2 Å². The number of rotatable bonds is 2. The molecule has 4 rings (SSSR count). The Kier molecular flexibility index (Phi) is 3.24. The van der Waals surface area contributed by atoms with Crippen molar-refractivity contribution < 1.29 is 4.74 Å². The van der Waals surface area contributed by atoms with Crippen LogP contribution in [0.5, 0.6) is 0 Å². The summed E-state index contributed by atoms with van der Waals surface area (Å²) in [5, 5.41) is 10.5. The lowest BCUT2D eigenvalue weighted by Gasteiger charge is -2.57. The number of aromatic nitrogens is 2. The van der Waals surface area contributed by atoms with Gasteiger partial charge in [0.05, 0.1) is 17.7 Å². The molecule has 4 heterocycles. The number of anilines is 1. The van der Waals surface area contributed by atoms with Crippen molar-refractivity contribution in [2.45, 2.75) is 38.8 Å². The zero-order valence-corrected chi connectivity index (χ0v) is 13.5. The lowest BCUT2D eigenvalue weighted by molar-refractivity contribution is 0.0124. The van der Waals surface area contributed by atoms with E-state index in [1.165, 1.54) is 0 Å². The molecule has 5 nitrogen and oxygen atoms in total. The van der Waals surface area contributed by atoms with Crippen LogP contribution in [-0.2, 0) is 4.74 Å². The van der Waals surface area contributed by atoms with E-state index < -0.39 is 0 Å². The molecule has 2 aliphatic heterocycles. The second kappa shape index (κ2) is 5.17. The second-order valence-corrected chi connectivity index (χ2v) is 7.13. The van der Waals surface area contributed by atoms with Crippen LogP contribution >= 0.6 is 0 Å². The highest BCUT2D eigenvalue weighted by molar-refractivity contribution is 5.80. The third-order valence-corrected chi connectivity index (χ3v) is 4.99. The lowest BCUT2D eigenvalue weighted by Crippen LogP contribution is -2.67. The predicted octanol–water partition coefficient (Wildman–Crippen LogP) is 2.90. The summed E-state index contributed by atoms with van der Waals surface area (Å²) in [6, 6.07) is 8.27. The van der Waals surface area contributed by atoms with Gasteiger partial charge in [0, 0.05) is 30.1 Å². The topological polar surface area (TPSA) is 62.0 Å². The van der Waals surface area contributed by atoms with Crippen LogP contribution in [0, 0.1) is 16.7 Å². The van der Waals surface area contributed by atoms with E-state index in [9.17, 15) is 5.26 Å². The summed E-state index contributed by atoms with van der Waals surface area (Å²) < 4.78 is 5.94. The van der Waals surface area contributed by atoms with Gasteiger partial charge in [-0.2, -0.15) is 5.26 Å². The van der Waals surface area contributed by atoms with E-state index in [-0.39, 0.29) is 17.6 Å². The van der Waals surface area contributed by atoms with Gasteiger partial charge < -0.3 is 9.64 Å². The molecule has 2 aliphatic rings. The van der Waals surface area contributed by atoms with Crippen molar-refractivity contribution in [3.05, 3.63) is 30.0 Å². The van der Waals surface area contributed by atoms with Gasteiger partial charge in [-0.1, -0.05) is 13.8 Å². The van der Waals surface area contributed by atoms with Gasteiger partial charge in [-0.05, 0) is 31.0 Å². The van der Waals surface area contributed by atoms with Crippen molar-refractivity contribution in [2.24, 2.45) is 5.41 Å². The normalized spacial score (nSPS) is 26.0. The predicted molar refractivity (Wildman–Crippen MR) is 88.1 cm³/mol. The minimum absolute atomic E-state index is 0.169. The molecule has 5 heteroatoms. The summed E-state index contributed by atoms with van der Waals surface area (Å²) in [6.45, 7) is 6.25. The van der Waals surface area contributed by atoms with Gasteiger partial charge in [0.15, 0.2) is 5.65 Å². The number of hydrogen-bond acceptors (Lipinski definition) is 5. The van der Waals surface area contributed by atoms with Crippen LogP contribution < -0.4 is 4.90 Å². The van der Waals surface area contributed by atoms with Gasteiger partial charge in [-0.15, -0.1) is 0 Å². The molecule has 2 aromatic heterocycles. The minimum atomic E-state index is 0.169. The van der Waals surface area contributed by atoms with Gasteiger partial charge in [0.25, 0.3) is 0 Å². The Balaban J connectivity index is 1.77. The zero-order valence-electron chi connectivity index (χ0n) is 13.5. The molecule has 0 saturated carbocycles. The van der Waals surface area contributed by atoms with Crippen molar-refractivity contribution in [2.75, 3.05) is 18.1 Å². The Hall–Kier alpha value is -2.19. The first kappa shape index (κ1) is 14.4. The minimum Gasteiger partial charge on any atom is -0.376 e. The maximum Gasteiger partial charge on any atom is 0.161 e. The molecule has 0 aromatic carbocycles. The molecule has 0 N–H and O–H groups in total. The van der Waals surface area contributed by atoms with Gasteiger partial charge in [-0.3, -0.25) is 0 Å². The monoisotopic (exact) mass is 308 g/mol. The molecule has 0 bridgehead atoms. The SMILES string of the molecule is CC1(C)CN(c2nc3ncccc3cc2C#N)C1C1CCCO1. The van der Waals surface area contributed by atoms with Crippen molar-refractivity contribution in [1.82, 2.24) is 9.97 Å². The summed E-state index contributed by atoms with van der Waals surface area (Å²) in [5.41, 5.74) is 1.48. The number of nitrogens with zero attached hydrogens (tertiary/aromatic N) is 4. The van der Waals surface area contributed by atoms with E-state index in [1.54, 1.807) is 6.20 Å². The third kappa shape index (κ3) is 2.25. The van der Waals surface area contributed by atoms with Crippen molar-refractivity contribution in [3.63, 3.8) is 0 Å². The molecule has 2 fully saturated rings. The van der Waals surface area contributed by atoms with Crippen LogP contribution in [0.3, 0.4) is 0 Å². The zero-order chi connectivity index (χ0) is 16.0. The highest BCUT2D eigenvalue weighted by atomic mass is 16.5. The van der Waals surface area contributed by atoms with Gasteiger partial charge in [-0.25, -0.2) is 9.97 Å². The van der Waals surface area contributed by atoms with E-state index >= 15 is 0 Å². The molecular weight excluding hydrogens is 288 g/mol. The molecule has 0 radical (unpaired) electrons. The first-order valence-electron chi connectivity index (χ1n) is 8.14. The van der Waals surface area contributed by atoms with Crippen LogP contribution in [0.15, 0.2) is 24.4 Å². The first-order chi connectivity index (χ1) is 11.1. The summed E-state index contributed by atoms with van der Waals surface area (Å²) in [6.07, 6.45) is 4.16. The molecule has 2 aromatic rings. The highest BCUT2D eigenvalue weighted by Crippen LogP contribution is 2.45. The van der Waals surface area contributed by atoms with Crippen molar-refractivity contribution in [3.8, 4) is 6.07 Å². The molecule has 0 spiro atoms. The fraction of sp³-hybridized carbons (Fsp3) is 0.500. The van der Waals surface area contributed by atoms with Crippen LogP contribution in [0.25, 0.3) is 11.0 Å². The van der Waals surface area contributed by atoms with E-state index in [0.717, 1.165) is 37.2 Å². The Morgan fingerprint density at radius 1 is 1.43 bits per heavy atom. The molecule has 0 amide bonds. The summed E-state index contributed by atoms with van der Waals surface area (Å²) in [4.78, 5) is 11.3. The largest absolute Gasteiger partial charge is 0.376 e. The van der Waals surface area contributed by atoms with Gasteiger partial charge >= 0.3 is 0 Å². The summed E-state index contributed by atoms with van der Waals surface area (Å²) in [7, 11) is 0. The quantitative estimate of drug-likeness (QED) is 0.853. The average Bonchev–Trinajstić information content (AvgIpc) is 3.05. The number of fused-ring (bicyclic) bond motifs is 1. The lowest BCUT2D eigenvalue weighted by atomic mass is 9.71. The van der Waals surface area contributed by atoms with E-state index in [4.69, 9.17) is 9.72 Å². The second-order valence-electron chi connectivity index (χ2n) is 7.13. The fourth-order valence-corrected chi connectivity index (χ4v) is 4.00. The summed E-state index contributed by atoms with van der Waals surface area (Å²) >= 11 is 0. The molecule has 2 atom stereocenters. The van der Waals surface area contributed by atoms with Crippen LogP contribution in [0.2, 0.25) is 0 Å². The van der Waals surface area contributed by atoms with Crippen LogP contribution in [0.1, 0.15) is 32.3 Å². The van der Waals surface area contributed by atoms with Gasteiger partial charge in [0.1, 0.15) is 11.9 Å². The standard InChI is InChI=1S/C18H20N4O/c1-18(2)11-22(15(18)14-6-4-8-23-14)17-13(10-19)9-12-5-3-7-20-16(12)21-17/h3,5,7,9,14-15H,4,6,8,11H2,1-2H3. The first-order valence-corrected chi connectivity index (χ1v) is 8.14. The number of ether oxygens (including phenoxy) is 1. The molecule has 2 unspecified atom stereocenters. The molecular formula is C18H20N4O. The molecule has 118 valence electrons.